The largest absolute Gasteiger partial charge is 0.383 e. The maximum Gasteiger partial charge on any atom is 0.258 e. The summed E-state index contributed by atoms with van der Waals surface area (Å²) in [6, 6.07) is 5.56. The Labute approximate surface area is 120 Å². The molecule has 1 heterocycles. The molecule has 0 aliphatic carbocycles. The van der Waals surface area contributed by atoms with Crippen LogP contribution >= 0.6 is 0 Å². The lowest BCUT2D eigenvalue weighted by molar-refractivity contribution is 0.0980. The molecule has 0 fully saturated rings. The lowest BCUT2D eigenvalue weighted by Gasteiger charge is -2.30. The van der Waals surface area contributed by atoms with Gasteiger partial charge in [0.05, 0.1) is 0 Å². The average Bonchev–Trinajstić information content (AvgIpc) is 2.52. The van der Waals surface area contributed by atoms with Gasteiger partial charge in [-0.05, 0) is 23.6 Å². The molecule has 6 nitrogen and oxygen atoms in total. The Morgan fingerprint density at radius 3 is 2.67 bits per heavy atom. The van der Waals surface area contributed by atoms with E-state index in [1.165, 1.54) is 4.90 Å². The standard InChI is InChI=1S/C15H15N3O3/c1-17-11-12(14(20)13(11)19)18-5-4-9-3-2-8(7-16)6-10(9)15(18)21/h2-3,6,17H,4-5,7,16H2,1H3. The summed E-state index contributed by atoms with van der Waals surface area (Å²) in [5.74, 6) is -0.254. The first kappa shape index (κ1) is 13.5. The topological polar surface area (TPSA) is 92.5 Å². The number of hydrogen-bond donors (Lipinski definition) is 2. The summed E-state index contributed by atoms with van der Waals surface area (Å²) >= 11 is 0. The minimum atomic E-state index is -0.605. The third-order valence-corrected chi connectivity index (χ3v) is 3.90. The van der Waals surface area contributed by atoms with E-state index in [4.69, 9.17) is 5.73 Å². The second-order valence-electron chi connectivity index (χ2n) is 5.03. The minimum absolute atomic E-state index is 0.177. The molecule has 3 N–H and O–H groups in total. The number of nitrogens with zero attached hydrogens (tertiary/aromatic N) is 1. The van der Waals surface area contributed by atoms with Crippen molar-refractivity contribution in [2.24, 2.45) is 5.73 Å². The van der Waals surface area contributed by atoms with E-state index < -0.39 is 10.9 Å². The van der Waals surface area contributed by atoms with Crippen LogP contribution in [0.15, 0.2) is 27.8 Å². The van der Waals surface area contributed by atoms with Gasteiger partial charge in [-0.25, -0.2) is 0 Å². The van der Waals surface area contributed by atoms with Crippen molar-refractivity contribution in [2.45, 2.75) is 13.0 Å². The second-order valence-corrected chi connectivity index (χ2v) is 5.03. The third kappa shape index (κ3) is 1.87. The molecular weight excluding hydrogens is 270 g/mol. The van der Waals surface area contributed by atoms with Gasteiger partial charge in [0.1, 0.15) is 11.4 Å². The molecule has 0 aromatic heterocycles. The Balaban J connectivity index is 2.04. The first-order valence-electron chi connectivity index (χ1n) is 6.73. The van der Waals surface area contributed by atoms with Crippen molar-refractivity contribution in [1.82, 2.24) is 0 Å². The number of nitrogens with one attached hydrogen (secondary N) is 1. The van der Waals surface area contributed by atoms with Crippen LogP contribution in [0, 0.1) is 0 Å². The molecule has 6 heteroatoms. The van der Waals surface area contributed by atoms with Gasteiger partial charge in [-0.15, -0.1) is 0 Å². The van der Waals surface area contributed by atoms with Gasteiger partial charge in [-0.2, -0.15) is 0 Å². The van der Waals surface area contributed by atoms with E-state index in [9.17, 15) is 14.4 Å². The molecule has 3 rings (SSSR count). The summed E-state index contributed by atoms with van der Waals surface area (Å²) in [4.78, 5) is 37.2. The molecule has 0 bridgehead atoms. The van der Waals surface area contributed by atoms with E-state index in [1.54, 1.807) is 13.1 Å². The molecular formula is C15H15N3O3. The quantitative estimate of drug-likeness (QED) is 0.774. The third-order valence-electron chi connectivity index (χ3n) is 3.90. The van der Waals surface area contributed by atoms with Crippen LogP contribution in [0.25, 0.3) is 0 Å². The van der Waals surface area contributed by atoms with Gasteiger partial charge in [-0.3, -0.25) is 14.4 Å². The smallest absolute Gasteiger partial charge is 0.258 e. The van der Waals surface area contributed by atoms with Crippen LogP contribution in [-0.2, 0) is 13.0 Å². The number of benzene rings is 1. The molecule has 1 aliphatic heterocycles. The summed E-state index contributed by atoms with van der Waals surface area (Å²) < 4.78 is 0. The van der Waals surface area contributed by atoms with E-state index >= 15 is 0 Å². The fourth-order valence-electron chi connectivity index (χ4n) is 2.73. The molecule has 2 aromatic rings. The maximum absolute atomic E-state index is 12.6. The zero-order valence-electron chi connectivity index (χ0n) is 11.6. The molecule has 0 spiro atoms. The van der Waals surface area contributed by atoms with Crippen molar-refractivity contribution in [2.75, 3.05) is 23.8 Å². The summed E-state index contributed by atoms with van der Waals surface area (Å²) in [5, 5.41) is 2.69. The van der Waals surface area contributed by atoms with Crippen LogP contribution in [0.4, 0.5) is 11.4 Å². The highest BCUT2D eigenvalue weighted by Crippen LogP contribution is 2.27. The average molecular weight is 285 g/mol. The molecule has 0 atom stereocenters. The number of nitrogens with two attached hydrogens (primary N) is 1. The van der Waals surface area contributed by atoms with Gasteiger partial charge >= 0.3 is 0 Å². The van der Waals surface area contributed by atoms with Crippen LogP contribution in [-0.4, -0.2) is 19.5 Å². The predicted molar refractivity (Wildman–Crippen MR) is 80.6 cm³/mol. The van der Waals surface area contributed by atoms with Crippen molar-refractivity contribution in [1.29, 1.82) is 0 Å². The monoisotopic (exact) mass is 285 g/mol. The highest BCUT2D eigenvalue weighted by atomic mass is 16.2. The number of carbonyl (C=O) groups excluding carboxylic acids is 1. The summed E-state index contributed by atoms with van der Waals surface area (Å²) in [6.07, 6.45) is 0.647. The fraction of sp³-hybridized carbons (Fsp3) is 0.267. The van der Waals surface area contributed by atoms with Crippen molar-refractivity contribution in [3.05, 3.63) is 55.3 Å². The maximum atomic E-state index is 12.6. The Morgan fingerprint density at radius 1 is 1.24 bits per heavy atom. The van der Waals surface area contributed by atoms with Gasteiger partial charge in [0, 0.05) is 25.7 Å². The Morgan fingerprint density at radius 2 is 2.00 bits per heavy atom. The SMILES string of the molecule is CNc1c(N2CCc3ccc(CN)cc3C2=O)c(=O)c1=O. The van der Waals surface area contributed by atoms with Crippen molar-refractivity contribution >= 4 is 17.3 Å². The van der Waals surface area contributed by atoms with Crippen LogP contribution in [0.1, 0.15) is 21.5 Å². The first-order chi connectivity index (χ1) is 10.1. The van der Waals surface area contributed by atoms with Crippen LogP contribution in [0.5, 0.6) is 0 Å². The fourth-order valence-corrected chi connectivity index (χ4v) is 2.73. The highest BCUT2D eigenvalue weighted by Gasteiger charge is 2.33. The van der Waals surface area contributed by atoms with Gasteiger partial charge in [0.25, 0.3) is 16.8 Å². The van der Waals surface area contributed by atoms with Gasteiger partial charge in [-0.1, -0.05) is 12.1 Å². The van der Waals surface area contributed by atoms with Gasteiger partial charge < -0.3 is 16.0 Å². The van der Waals surface area contributed by atoms with E-state index in [1.807, 2.05) is 12.1 Å². The van der Waals surface area contributed by atoms with Gasteiger partial charge in [0.2, 0.25) is 0 Å². The lowest BCUT2D eigenvalue weighted by atomic mass is 9.95. The number of anilines is 2. The molecule has 108 valence electrons. The molecule has 0 saturated carbocycles. The van der Waals surface area contributed by atoms with Crippen LogP contribution in [0.2, 0.25) is 0 Å². The second kappa shape index (κ2) is 4.82. The number of fused-ring (bicyclic) bond motifs is 1. The molecule has 1 amide bonds. The zero-order valence-corrected chi connectivity index (χ0v) is 11.6. The molecule has 21 heavy (non-hydrogen) atoms. The van der Waals surface area contributed by atoms with E-state index in [2.05, 4.69) is 5.32 Å². The molecule has 2 aromatic carbocycles. The molecule has 0 saturated heterocycles. The van der Waals surface area contributed by atoms with E-state index in [0.717, 1.165) is 11.1 Å². The lowest BCUT2D eigenvalue weighted by Crippen LogP contribution is -2.47. The molecule has 0 radical (unpaired) electrons. The minimum Gasteiger partial charge on any atom is -0.383 e. The predicted octanol–water partition coefficient (Wildman–Crippen LogP) is -0.0141. The van der Waals surface area contributed by atoms with Crippen LogP contribution < -0.4 is 26.8 Å². The van der Waals surface area contributed by atoms with Gasteiger partial charge in [0.15, 0.2) is 0 Å². The normalized spacial score (nSPS) is 14.4. The summed E-state index contributed by atoms with van der Waals surface area (Å²) in [7, 11) is 1.56. The first-order valence-corrected chi connectivity index (χ1v) is 6.73. The molecule has 1 aliphatic rings. The van der Waals surface area contributed by atoms with E-state index in [0.29, 0.717) is 25.1 Å². The van der Waals surface area contributed by atoms with Crippen molar-refractivity contribution in [3.63, 3.8) is 0 Å². The Hall–Kier alpha value is -2.47. The Bertz CT molecular complexity index is 803. The van der Waals surface area contributed by atoms with Crippen molar-refractivity contribution < 1.29 is 4.79 Å². The zero-order chi connectivity index (χ0) is 15.1. The molecule has 0 unspecified atom stereocenters. The highest BCUT2D eigenvalue weighted by molar-refractivity contribution is 6.10. The number of hydrogen-bond acceptors (Lipinski definition) is 5. The Kier molecular flexibility index (Phi) is 3.10. The summed E-state index contributed by atoms with van der Waals surface area (Å²) in [6.45, 7) is 0.746. The van der Waals surface area contributed by atoms with Crippen LogP contribution in [0.3, 0.4) is 0 Å². The van der Waals surface area contributed by atoms with Crippen molar-refractivity contribution in [3.8, 4) is 0 Å². The number of carbonyl (C=O) groups is 1. The summed E-state index contributed by atoms with van der Waals surface area (Å²) in [5.41, 5.74) is 7.18. The number of rotatable bonds is 3. The number of amides is 1. The van der Waals surface area contributed by atoms with E-state index in [-0.39, 0.29) is 17.3 Å².